The van der Waals surface area contributed by atoms with E-state index in [-0.39, 0.29) is 4.90 Å². The molecule has 0 bridgehead atoms. The molecule has 4 nitrogen and oxygen atoms in total. The second-order valence-electron chi connectivity index (χ2n) is 3.70. The summed E-state index contributed by atoms with van der Waals surface area (Å²) in [5.41, 5.74) is 0.674. The fourth-order valence-electron chi connectivity index (χ4n) is 1.43. The minimum atomic E-state index is -3.44. The molecule has 0 atom stereocenters. The van der Waals surface area contributed by atoms with E-state index in [0.717, 1.165) is 0 Å². The highest BCUT2D eigenvalue weighted by Crippen LogP contribution is 2.24. The molecule has 0 saturated heterocycles. The zero-order chi connectivity index (χ0) is 13.1. The number of hydrogen-bond acceptors (Lipinski definition) is 3. The first kappa shape index (κ1) is 14.3. The van der Waals surface area contributed by atoms with Crippen molar-refractivity contribution in [1.29, 1.82) is 0 Å². The van der Waals surface area contributed by atoms with Crippen LogP contribution in [0.4, 0.5) is 0 Å². The van der Waals surface area contributed by atoms with Crippen molar-refractivity contribution in [2.24, 2.45) is 0 Å². The number of sulfonamides is 1. The fraction of sp³-hybridized carbons (Fsp3) is 0.455. The molecule has 1 aromatic carbocycles. The number of benzene rings is 1. The van der Waals surface area contributed by atoms with E-state index in [1.807, 2.05) is 0 Å². The zero-order valence-electron chi connectivity index (χ0n) is 10.1. The van der Waals surface area contributed by atoms with Crippen molar-refractivity contribution >= 4 is 21.6 Å². The van der Waals surface area contributed by atoms with Gasteiger partial charge in [0.2, 0.25) is 10.0 Å². The number of ether oxygens (including phenoxy) is 1. The lowest BCUT2D eigenvalue weighted by Crippen LogP contribution is -2.23. The van der Waals surface area contributed by atoms with Crippen LogP contribution >= 0.6 is 11.6 Å². The lowest BCUT2D eigenvalue weighted by molar-refractivity contribution is 0.413. The first-order valence-electron chi connectivity index (χ1n) is 5.09. The Morgan fingerprint density at radius 1 is 1.35 bits per heavy atom. The summed E-state index contributed by atoms with van der Waals surface area (Å²) < 4.78 is 30.4. The summed E-state index contributed by atoms with van der Waals surface area (Å²) in [6.07, 6.45) is 0.487. The predicted molar refractivity (Wildman–Crippen MR) is 68.3 cm³/mol. The Bertz CT molecular complexity index is 485. The van der Waals surface area contributed by atoms with Gasteiger partial charge in [-0.2, -0.15) is 0 Å². The van der Waals surface area contributed by atoms with Crippen LogP contribution in [0.25, 0.3) is 0 Å². The molecule has 96 valence electrons. The molecule has 0 heterocycles. The quantitative estimate of drug-likeness (QED) is 0.770. The van der Waals surface area contributed by atoms with Crippen molar-refractivity contribution in [2.45, 2.75) is 11.3 Å². The normalized spacial score (nSPS) is 11.8. The molecule has 0 spiro atoms. The second-order valence-corrected chi connectivity index (χ2v) is 6.20. The molecule has 0 radical (unpaired) electrons. The molecule has 0 aliphatic heterocycles. The van der Waals surface area contributed by atoms with Crippen LogP contribution in [-0.2, 0) is 16.4 Å². The van der Waals surface area contributed by atoms with Gasteiger partial charge in [-0.25, -0.2) is 12.7 Å². The Labute approximate surface area is 107 Å². The third-order valence-corrected chi connectivity index (χ3v) is 4.49. The molecule has 0 N–H and O–H groups in total. The predicted octanol–water partition coefficient (Wildman–Crippen LogP) is 1.73. The second kappa shape index (κ2) is 5.71. The Morgan fingerprint density at radius 2 is 2.00 bits per heavy atom. The molecule has 0 aliphatic rings. The topological polar surface area (TPSA) is 46.6 Å². The molecule has 0 saturated carbocycles. The number of nitrogens with zero attached hydrogens (tertiary/aromatic N) is 1. The van der Waals surface area contributed by atoms with Gasteiger partial charge in [0.1, 0.15) is 5.75 Å². The van der Waals surface area contributed by atoms with Crippen molar-refractivity contribution < 1.29 is 13.2 Å². The highest BCUT2D eigenvalue weighted by Gasteiger charge is 2.21. The number of rotatable bonds is 5. The molecule has 1 aromatic rings. The van der Waals surface area contributed by atoms with E-state index < -0.39 is 10.0 Å². The Morgan fingerprint density at radius 3 is 2.47 bits per heavy atom. The summed E-state index contributed by atoms with van der Waals surface area (Å²) >= 11 is 5.68. The summed E-state index contributed by atoms with van der Waals surface area (Å²) in [5, 5.41) is 0. The van der Waals surface area contributed by atoms with Gasteiger partial charge in [-0.1, -0.05) is 0 Å². The molecule has 0 aliphatic carbocycles. The van der Waals surface area contributed by atoms with Crippen LogP contribution in [0.3, 0.4) is 0 Å². The van der Waals surface area contributed by atoms with Crippen LogP contribution in [0, 0.1) is 0 Å². The van der Waals surface area contributed by atoms with Crippen LogP contribution in [0.15, 0.2) is 23.1 Å². The van der Waals surface area contributed by atoms with Crippen molar-refractivity contribution in [3.63, 3.8) is 0 Å². The van der Waals surface area contributed by atoms with Gasteiger partial charge in [-0.05, 0) is 30.2 Å². The minimum absolute atomic E-state index is 0.281. The largest absolute Gasteiger partial charge is 0.497 e. The molecule has 0 aromatic heterocycles. The summed E-state index contributed by atoms with van der Waals surface area (Å²) in [6, 6.07) is 4.89. The van der Waals surface area contributed by atoms with E-state index in [1.165, 1.54) is 18.4 Å². The number of methoxy groups -OCH3 is 1. The molecule has 0 unspecified atom stereocenters. The van der Waals surface area contributed by atoms with E-state index in [9.17, 15) is 8.42 Å². The smallest absolute Gasteiger partial charge is 0.242 e. The fourth-order valence-corrected chi connectivity index (χ4v) is 2.76. The Hall–Kier alpha value is -0.780. The average molecular weight is 278 g/mol. The van der Waals surface area contributed by atoms with Crippen LogP contribution in [0.1, 0.15) is 5.56 Å². The van der Waals surface area contributed by atoms with Crippen LogP contribution < -0.4 is 4.74 Å². The van der Waals surface area contributed by atoms with Gasteiger partial charge < -0.3 is 4.74 Å². The third kappa shape index (κ3) is 3.12. The van der Waals surface area contributed by atoms with E-state index in [1.54, 1.807) is 25.3 Å². The number of hydrogen-bond donors (Lipinski definition) is 0. The summed E-state index contributed by atoms with van der Waals surface area (Å²) in [7, 11) is 1.11. The highest BCUT2D eigenvalue weighted by molar-refractivity contribution is 7.89. The maximum atomic E-state index is 12.1. The summed E-state index contributed by atoms with van der Waals surface area (Å²) in [5.74, 6) is 0.992. The Kier molecular flexibility index (Phi) is 4.80. The van der Waals surface area contributed by atoms with E-state index >= 15 is 0 Å². The molecular formula is C11H16ClNO3S. The first-order chi connectivity index (χ1) is 7.93. The summed E-state index contributed by atoms with van der Waals surface area (Å²) in [4.78, 5) is 0.281. The molecule has 0 amide bonds. The number of halogens is 1. The number of alkyl halides is 1. The van der Waals surface area contributed by atoms with Crippen molar-refractivity contribution in [1.82, 2.24) is 4.31 Å². The highest BCUT2D eigenvalue weighted by atomic mass is 35.5. The van der Waals surface area contributed by atoms with E-state index in [0.29, 0.717) is 23.6 Å². The molecular weight excluding hydrogens is 262 g/mol. The lowest BCUT2D eigenvalue weighted by Gasteiger charge is -2.15. The van der Waals surface area contributed by atoms with E-state index in [4.69, 9.17) is 16.3 Å². The SMILES string of the molecule is COc1ccc(S(=O)(=O)N(C)C)c(CCCl)c1. The van der Waals surface area contributed by atoms with Gasteiger partial charge in [0.05, 0.1) is 12.0 Å². The van der Waals surface area contributed by atoms with Gasteiger partial charge in [0.25, 0.3) is 0 Å². The third-order valence-electron chi connectivity index (χ3n) is 2.39. The van der Waals surface area contributed by atoms with Gasteiger partial charge in [-0.15, -0.1) is 11.6 Å². The van der Waals surface area contributed by atoms with Gasteiger partial charge in [0, 0.05) is 20.0 Å². The van der Waals surface area contributed by atoms with Crippen LogP contribution in [0.5, 0.6) is 5.75 Å². The summed E-state index contributed by atoms with van der Waals surface area (Å²) in [6.45, 7) is 0. The lowest BCUT2D eigenvalue weighted by atomic mass is 10.1. The molecule has 0 fully saturated rings. The van der Waals surface area contributed by atoms with E-state index in [2.05, 4.69) is 0 Å². The van der Waals surface area contributed by atoms with Crippen molar-refractivity contribution in [2.75, 3.05) is 27.1 Å². The molecule has 6 heteroatoms. The van der Waals surface area contributed by atoms with Gasteiger partial charge >= 0.3 is 0 Å². The maximum absolute atomic E-state index is 12.1. The van der Waals surface area contributed by atoms with Gasteiger partial charge in [-0.3, -0.25) is 0 Å². The first-order valence-corrected chi connectivity index (χ1v) is 7.06. The number of aryl methyl sites for hydroxylation is 1. The standard InChI is InChI=1S/C11H16ClNO3S/c1-13(2)17(14,15)11-5-4-10(16-3)8-9(11)6-7-12/h4-5,8H,6-7H2,1-3H3. The Balaban J connectivity index is 3.33. The molecule has 17 heavy (non-hydrogen) atoms. The van der Waals surface area contributed by atoms with Crippen LogP contribution in [-0.4, -0.2) is 39.8 Å². The zero-order valence-corrected chi connectivity index (χ0v) is 11.7. The van der Waals surface area contributed by atoms with Crippen LogP contribution in [0.2, 0.25) is 0 Å². The minimum Gasteiger partial charge on any atom is -0.497 e. The molecule has 1 rings (SSSR count). The monoisotopic (exact) mass is 277 g/mol. The van der Waals surface area contributed by atoms with Crippen molar-refractivity contribution in [3.8, 4) is 5.75 Å². The van der Waals surface area contributed by atoms with Gasteiger partial charge in [0.15, 0.2) is 0 Å². The van der Waals surface area contributed by atoms with Crippen molar-refractivity contribution in [3.05, 3.63) is 23.8 Å². The average Bonchev–Trinajstić information content (AvgIpc) is 2.28. The maximum Gasteiger partial charge on any atom is 0.242 e.